The minimum Gasteiger partial charge on any atom is -0.481 e. The van der Waals surface area contributed by atoms with Gasteiger partial charge in [-0.3, -0.25) is 9.78 Å². The normalized spacial score (nSPS) is 22.8. The van der Waals surface area contributed by atoms with Crippen LogP contribution in [0.2, 0.25) is 0 Å². The van der Waals surface area contributed by atoms with Crippen LogP contribution in [0.1, 0.15) is 23.8 Å². The first-order valence-electron chi connectivity index (χ1n) is 6.37. The number of para-hydroxylation sites is 1. The van der Waals surface area contributed by atoms with Crippen LogP contribution in [0.15, 0.2) is 30.3 Å². The second-order valence-corrected chi connectivity index (χ2v) is 4.89. The van der Waals surface area contributed by atoms with Crippen LogP contribution in [0.5, 0.6) is 0 Å². The lowest BCUT2D eigenvalue weighted by atomic mass is 9.93. The number of benzene rings is 1. The first-order chi connectivity index (χ1) is 9.16. The van der Waals surface area contributed by atoms with Crippen LogP contribution in [0, 0.1) is 12.8 Å². The summed E-state index contributed by atoms with van der Waals surface area (Å²) < 4.78 is 5.67. The fourth-order valence-electron chi connectivity index (χ4n) is 2.72. The van der Waals surface area contributed by atoms with E-state index in [1.807, 2.05) is 37.3 Å². The Balaban J connectivity index is 2.16. The lowest BCUT2D eigenvalue weighted by Crippen LogP contribution is -2.18. The number of carboxylic acid groups (broad SMARTS) is 1. The Kier molecular flexibility index (Phi) is 2.95. The van der Waals surface area contributed by atoms with Gasteiger partial charge in [-0.2, -0.15) is 0 Å². The second-order valence-electron chi connectivity index (χ2n) is 4.89. The van der Waals surface area contributed by atoms with Gasteiger partial charge in [-0.15, -0.1) is 0 Å². The number of aliphatic carboxylic acids is 1. The van der Waals surface area contributed by atoms with Crippen molar-refractivity contribution >= 4 is 16.9 Å². The van der Waals surface area contributed by atoms with Gasteiger partial charge in [0, 0.05) is 17.7 Å². The van der Waals surface area contributed by atoms with Gasteiger partial charge in [0.15, 0.2) is 0 Å². The number of nitrogens with zero attached hydrogens (tertiary/aromatic N) is 1. The molecule has 0 aliphatic carbocycles. The summed E-state index contributed by atoms with van der Waals surface area (Å²) in [4.78, 5) is 15.8. The molecule has 1 aliphatic rings. The number of ether oxygens (including phenoxy) is 1. The SMILES string of the molecule is Cc1cc(C2OCCC2C(=O)O)c2ccccc2n1. The summed E-state index contributed by atoms with van der Waals surface area (Å²) in [5.74, 6) is -1.26. The Hall–Kier alpha value is -1.94. The van der Waals surface area contributed by atoms with Crippen molar-refractivity contribution in [2.75, 3.05) is 6.61 Å². The van der Waals surface area contributed by atoms with Crippen molar-refractivity contribution in [3.05, 3.63) is 41.6 Å². The van der Waals surface area contributed by atoms with Crippen molar-refractivity contribution in [2.24, 2.45) is 5.92 Å². The zero-order chi connectivity index (χ0) is 13.4. The summed E-state index contributed by atoms with van der Waals surface area (Å²) in [5, 5.41) is 10.3. The number of fused-ring (bicyclic) bond motifs is 1. The molecule has 0 radical (unpaired) electrons. The van der Waals surface area contributed by atoms with Crippen molar-refractivity contribution in [1.82, 2.24) is 4.98 Å². The molecule has 1 N–H and O–H groups in total. The molecule has 1 aliphatic heterocycles. The molecule has 0 amide bonds. The van der Waals surface area contributed by atoms with Crippen molar-refractivity contribution in [3.63, 3.8) is 0 Å². The van der Waals surface area contributed by atoms with Crippen LogP contribution in [-0.4, -0.2) is 22.7 Å². The topological polar surface area (TPSA) is 59.4 Å². The van der Waals surface area contributed by atoms with Crippen molar-refractivity contribution < 1.29 is 14.6 Å². The third kappa shape index (κ3) is 2.08. The number of aromatic nitrogens is 1. The summed E-state index contributed by atoms with van der Waals surface area (Å²) in [6.07, 6.45) is 0.194. The lowest BCUT2D eigenvalue weighted by molar-refractivity contribution is -0.143. The van der Waals surface area contributed by atoms with Crippen molar-refractivity contribution in [3.8, 4) is 0 Å². The number of pyridine rings is 1. The summed E-state index contributed by atoms with van der Waals surface area (Å²) >= 11 is 0. The molecule has 2 aromatic rings. The highest BCUT2D eigenvalue weighted by Crippen LogP contribution is 2.38. The van der Waals surface area contributed by atoms with Gasteiger partial charge >= 0.3 is 5.97 Å². The predicted molar refractivity (Wildman–Crippen MR) is 70.9 cm³/mol. The average Bonchev–Trinajstić information content (AvgIpc) is 2.86. The fraction of sp³-hybridized carbons (Fsp3) is 0.333. The molecular weight excluding hydrogens is 242 g/mol. The Bertz CT molecular complexity index is 638. The van der Waals surface area contributed by atoms with Crippen LogP contribution < -0.4 is 0 Å². The van der Waals surface area contributed by atoms with E-state index in [9.17, 15) is 9.90 Å². The number of carbonyl (C=O) groups is 1. The van der Waals surface area contributed by atoms with Crippen LogP contribution in [0.25, 0.3) is 10.9 Å². The van der Waals surface area contributed by atoms with E-state index in [1.165, 1.54) is 0 Å². The lowest BCUT2D eigenvalue weighted by Gasteiger charge is -2.18. The maximum absolute atomic E-state index is 11.3. The first kappa shape index (κ1) is 12.1. The van der Waals surface area contributed by atoms with E-state index in [0.717, 1.165) is 22.2 Å². The number of rotatable bonds is 2. The molecule has 0 saturated carbocycles. The number of hydrogen-bond donors (Lipinski definition) is 1. The van der Waals surface area contributed by atoms with Crippen LogP contribution in [0.3, 0.4) is 0 Å². The molecule has 19 heavy (non-hydrogen) atoms. The maximum atomic E-state index is 11.3. The van der Waals surface area contributed by atoms with Gasteiger partial charge in [0.2, 0.25) is 0 Å². The van der Waals surface area contributed by atoms with Gasteiger partial charge < -0.3 is 9.84 Å². The number of hydrogen-bond acceptors (Lipinski definition) is 3. The molecule has 3 rings (SSSR count). The molecule has 98 valence electrons. The highest BCUT2D eigenvalue weighted by atomic mass is 16.5. The predicted octanol–water partition coefficient (Wildman–Crippen LogP) is 2.71. The van der Waals surface area contributed by atoms with Gasteiger partial charge in [0.1, 0.15) is 0 Å². The Morgan fingerprint density at radius 2 is 2.21 bits per heavy atom. The van der Waals surface area contributed by atoms with Crippen LogP contribution >= 0.6 is 0 Å². The smallest absolute Gasteiger partial charge is 0.309 e. The molecule has 2 atom stereocenters. The summed E-state index contributed by atoms with van der Waals surface area (Å²) in [6, 6.07) is 9.72. The quantitative estimate of drug-likeness (QED) is 0.898. The zero-order valence-electron chi connectivity index (χ0n) is 10.7. The molecule has 4 nitrogen and oxygen atoms in total. The fourth-order valence-corrected chi connectivity index (χ4v) is 2.72. The Morgan fingerprint density at radius 3 is 3.00 bits per heavy atom. The highest BCUT2D eigenvalue weighted by molar-refractivity contribution is 5.84. The molecule has 2 unspecified atom stereocenters. The van der Waals surface area contributed by atoms with E-state index in [1.54, 1.807) is 0 Å². The van der Waals surface area contributed by atoms with Gasteiger partial charge in [0.05, 0.1) is 17.5 Å². The van der Waals surface area contributed by atoms with E-state index < -0.39 is 11.9 Å². The maximum Gasteiger partial charge on any atom is 0.309 e. The minimum atomic E-state index is -0.791. The zero-order valence-corrected chi connectivity index (χ0v) is 10.7. The molecule has 1 aromatic heterocycles. The second kappa shape index (κ2) is 4.63. The minimum absolute atomic E-state index is 0.371. The van der Waals surface area contributed by atoms with Crippen LogP contribution in [-0.2, 0) is 9.53 Å². The summed E-state index contributed by atoms with van der Waals surface area (Å²) in [6.45, 7) is 2.41. The molecule has 1 fully saturated rings. The van der Waals surface area contributed by atoms with E-state index in [0.29, 0.717) is 13.0 Å². The van der Waals surface area contributed by atoms with E-state index in [2.05, 4.69) is 4.98 Å². The average molecular weight is 257 g/mol. The Labute approximate surface area is 111 Å². The standard InChI is InChI=1S/C15H15NO3/c1-9-8-12(10-4-2-3-5-13(10)16-9)14-11(15(17)18)6-7-19-14/h2-5,8,11,14H,6-7H2,1H3,(H,17,18). The van der Waals surface area contributed by atoms with Crippen LogP contribution in [0.4, 0.5) is 0 Å². The number of aryl methyl sites for hydroxylation is 1. The van der Waals surface area contributed by atoms with Gasteiger partial charge in [0.25, 0.3) is 0 Å². The number of carboxylic acids is 1. The molecule has 1 saturated heterocycles. The molecule has 2 heterocycles. The van der Waals surface area contributed by atoms with Gasteiger partial charge in [-0.25, -0.2) is 0 Å². The third-order valence-electron chi connectivity index (χ3n) is 3.59. The van der Waals surface area contributed by atoms with Crippen molar-refractivity contribution in [2.45, 2.75) is 19.4 Å². The molecule has 0 spiro atoms. The van der Waals surface area contributed by atoms with Crippen molar-refractivity contribution in [1.29, 1.82) is 0 Å². The highest BCUT2D eigenvalue weighted by Gasteiger charge is 2.36. The van der Waals surface area contributed by atoms with E-state index in [-0.39, 0.29) is 6.10 Å². The third-order valence-corrected chi connectivity index (χ3v) is 3.59. The van der Waals surface area contributed by atoms with Gasteiger partial charge in [-0.05, 0) is 31.0 Å². The first-order valence-corrected chi connectivity index (χ1v) is 6.37. The molecule has 0 bridgehead atoms. The molecule has 1 aromatic carbocycles. The van der Waals surface area contributed by atoms with Gasteiger partial charge in [-0.1, -0.05) is 18.2 Å². The molecular formula is C15H15NO3. The molecule has 4 heteroatoms. The monoisotopic (exact) mass is 257 g/mol. The van der Waals surface area contributed by atoms with E-state index >= 15 is 0 Å². The van der Waals surface area contributed by atoms with E-state index in [4.69, 9.17) is 4.74 Å². The summed E-state index contributed by atoms with van der Waals surface area (Å²) in [7, 11) is 0. The summed E-state index contributed by atoms with van der Waals surface area (Å²) in [5.41, 5.74) is 2.71. The Morgan fingerprint density at radius 1 is 1.42 bits per heavy atom. The largest absolute Gasteiger partial charge is 0.481 e.